The lowest BCUT2D eigenvalue weighted by molar-refractivity contribution is -0.110. The van der Waals surface area contributed by atoms with Crippen molar-refractivity contribution in [1.82, 2.24) is 4.90 Å². The largest absolute Gasteiger partial charge is 0.378 e. The summed E-state index contributed by atoms with van der Waals surface area (Å²) in [7, 11) is 5.41. The fraction of sp³-hybridized carbons (Fsp3) is 0.444. The molecular weight excluding hydrogens is 154 g/mol. The van der Waals surface area contributed by atoms with Crippen molar-refractivity contribution in [3.05, 3.63) is 23.9 Å². The first-order valence-electron chi connectivity index (χ1n) is 3.79. The van der Waals surface area contributed by atoms with Gasteiger partial charge in [-0.15, -0.1) is 0 Å². The predicted octanol–water partition coefficient (Wildman–Crippen LogP) is 0.586. The number of nitrogens with zero attached hydrogens (tertiary/aromatic N) is 1. The van der Waals surface area contributed by atoms with Crippen LogP contribution in [0, 0.1) is 0 Å². The summed E-state index contributed by atoms with van der Waals surface area (Å²) in [5, 5.41) is 0. The second-order valence-electron chi connectivity index (χ2n) is 2.88. The Morgan fingerprint density at radius 3 is 2.67 bits per heavy atom. The third-order valence-corrected chi connectivity index (χ3v) is 1.79. The van der Waals surface area contributed by atoms with Gasteiger partial charge in [0.2, 0.25) is 0 Å². The Balaban J connectivity index is 2.85. The molecule has 0 fully saturated rings. The van der Waals surface area contributed by atoms with Crippen LogP contribution in [0.15, 0.2) is 23.9 Å². The number of ether oxygens (including phenoxy) is 1. The Labute approximate surface area is 72.3 Å². The van der Waals surface area contributed by atoms with Gasteiger partial charge >= 0.3 is 0 Å². The van der Waals surface area contributed by atoms with Crippen molar-refractivity contribution in [2.45, 2.75) is 6.10 Å². The molecule has 0 saturated carbocycles. The molecule has 0 N–H and O–H groups in total. The fourth-order valence-electron chi connectivity index (χ4n) is 1.14. The molecule has 1 aliphatic rings. The van der Waals surface area contributed by atoms with Gasteiger partial charge in [-0.1, -0.05) is 0 Å². The normalized spacial score (nSPS) is 22.4. The SMILES string of the molecule is COC1C=CC(=O)C=C1N(C)C. The fourth-order valence-corrected chi connectivity index (χ4v) is 1.14. The Morgan fingerprint density at radius 2 is 2.17 bits per heavy atom. The van der Waals surface area contributed by atoms with E-state index >= 15 is 0 Å². The molecule has 0 bridgehead atoms. The number of allylic oxidation sites excluding steroid dienone is 2. The monoisotopic (exact) mass is 167 g/mol. The van der Waals surface area contributed by atoms with Crippen LogP contribution in [0.5, 0.6) is 0 Å². The third-order valence-electron chi connectivity index (χ3n) is 1.79. The third kappa shape index (κ3) is 1.74. The second-order valence-corrected chi connectivity index (χ2v) is 2.88. The lowest BCUT2D eigenvalue weighted by Crippen LogP contribution is -2.26. The van der Waals surface area contributed by atoms with Gasteiger partial charge in [0.15, 0.2) is 5.78 Å². The van der Waals surface area contributed by atoms with E-state index in [4.69, 9.17) is 4.74 Å². The number of carbonyl (C=O) groups excluding carboxylic acids is 1. The molecule has 0 aromatic rings. The lowest BCUT2D eigenvalue weighted by atomic mass is 10.1. The van der Waals surface area contributed by atoms with Crippen molar-refractivity contribution < 1.29 is 9.53 Å². The Hall–Kier alpha value is -1.09. The van der Waals surface area contributed by atoms with E-state index in [2.05, 4.69) is 0 Å². The summed E-state index contributed by atoms with van der Waals surface area (Å²) in [6.07, 6.45) is 4.80. The van der Waals surface area contributed by atoms with Crippen molar-refractivity contribution in [3.8, 4) is 0 Å². The Kier molecular flexibility index (Phi) is 2.65. The van der Waals surface area contributed by atoms with E-state index in [-0.39, 0.29) is 11.9 Å². The highest BCUT2D eigenvalue weighted by Gasteiger charge is 2.17. The molecule has 0 saturated heterocycles. The van der Waals surface area contributed by atoms with Crippen molar-refractivity contribution in [2.75, 3.05) is 21.2 Å². The van der Waals surface area contributed by atoms with E-state index in [0.29, 0.717) is 0 Å². The molecule has 1 rings (SSSR count). The van der Waals surface area contributed by atoms with Crippen LogP contribution in [0.25, 0.3) is 0 Å². The molecule has 0 aliphatic heterocycles. The summed E-state index contributed by atoms with van der Waals surface area (Å²) in [4.78, 5) is 12.9. The Morgan fingerprint density at radius 1 is 1.50 bits per heavy atom. The van der Waals surface area contributed by atoms with Gasteiger partial charge in [-0.05, 0) is 12.2 Å². The van der Waals surface area contributed by atoms with Crippen molar-refractivity contribution in [3.63, 3.8) is 0 Å². The minimum Gasteiger partial charge on any atom is -0.378 e. The quantitative estimate of drug-likeness (QED) is 0.602. The van der Waals surface area contributed by atoms with Crippen LogP contribution in [0.3, 0.4) is 0 Å². The average Bonchev–Trinajstić information content (AvgIpc) is 2.04. The summed E-state index contributed by atoms with van der Waals surface area (Å²) in [5.41, 5.74) is 0.894. The summed E-state index contributed by atoms with van der Waals surface area (Å²) in [6.45, 7) is 0. The van der Waals surface area contributed by atoms with Gasteiger partial charge < -0.3 is 9.64 Å². The first kappa shape index (κ1) is 9.00. The van der Waals surface area contributed by atoms with Crippen LogP contribution >= 0.6 is 0 Å². The zero-order valence-corrected chi connectivity index (χ0v) is 7.57. The van der Waals surface area contributed by atoms with Crippen LogP contribution in [-0.2, 0) is 9.53 Å². The number of hydrogen-bond acceptors (Lipinski definition) is 3. The molecule has 0 radical (unpaired) electrons. The van der Waals surface area contributed by atoms with Crippen LogP contribution in [0.4, 0.5) is 0 Å². The molecule has 1 unspecified atom stereocenters. The van der Waals surface area contributed by atoms with E-state index in [1.54, 1.807) is 19.3 Å². The smallest absolute Gasteiger partial charge is 0.180 e. The van der Waals surface area contributed by atoms with E-state index in [9.17, 15) is 4.79 Å². The summed E-state index contributed by atoms with van der Waals surface area (Å²) in [6, 6.07) is 0. The molecule has 66 valence electrons. The second kappa shape index (κ2) is 3.54. The topological polar surface area (TPSA) is 29.5 Å². The number of ketones is 1. The van der Waals surface area contributed by atoms with Crippen LogP contribution in [0.1, 0.15) is 0 Å². The molecule has 12 heavy (non-hydrogen) atoms. The van der Waals surface area contributed by atoms with Crippen molar-refractivity contribution in [2.24, 2.45) is 0 Å². The molecule has 0 aromatic carbocycles. The van der Waals surface area contributed by atoms with Gasteiger partial charge in [0, 0.05) is 27.3 Å². The maximum atomic E-state index is 11.0. The van der Waals surface area contributed by atoms with E-state index < -0.39 is 0 Å². The standard InChI is InChI=1S/C9H13NO2/c1-10(2)8-6-7(11)4-5-9(8)12-3/h4-6,9H,1-3H3. The number of rotatable bonds is 2. The highest BCUT2D eigenvalue weighted by Crippen LogP contribution is 2.14. The van der Waals surface area contributed by atoms with Crippen molar-refractivity contribution >= 4 is 5.78 Å². The molecule has 3 nitrogen and oxygen atoms in total. The molecule has 1 aliphatic carbocycles. The number of likely N-dealkylation sites (N-methyl/N-ethyl adjacent to an activating group) is 1. The summed E-state index contributed by atoms with van der Waals surface area (Å²) < 4.78 is 5.16. The zero-order valence-electron chi connectivity index (χ0n) is 7.57. The molecule has 0 spiro atoms. The molecule has 0 aromatic heterocycles. The molecule has 1 atom stereocenters. The van der Waals surface area contributed by atoms with Gasteiger partial charge in [0.25, 0.3) is 0 Å². The first-order chi connectivity index (χ1) is 5.65. The lowest BCUT2D eigenvalue weighted by Gasteiger charge is -2.24. The summed E-state index contributed by atoms with van der Waals surface area (Å²) >= 11 is 0. The minimum absolute atomic E-state index is 0.0204. The first-order valence-corrected chi connectivity index (χ1v) is 3.79. The van der Waals surface area contributed by atoms with Gasteiger partial charge in [-0.3, -0.25) is 4.79 Å². The molecular formula is C9H13NO2. The zero-order chi connectivity index (χ0) is 9.14. The van der Waals surface area contributed by atoms with E-state index in [1.807, 2.05) is 19.0 Å². The van der Waals surface area contributed by atoms with Gasteiger partial charge in [0.05, 0.1) is 5.70 Å². The van der Waals surface area contributed by atoms with Gasteiger partial charge in [0.1, 0.15) is 6.10 Å². The van der Waals surface area contributed by atoms with Gasteiger partial charge in [-0.2, -0.15) is 0 Å². The van der Waals surface area contributed by atoms with Crippen LogP contribution in [-0.4, -0.2) is 38.0 Å². The molecule has 0 heterocycles. The maximum absolute atomic E-state index is 11.0. The number of methoxy groups -OCH3 is 1. The van der Waals surface area contributed by atoms with E-state index in [0.717, 1.165) is 5.70 Å². The van der Waals surface area contributed by atoms with Gasteiger partial charge in [-0.25, -0.2) is 0 Å². The maximum Gasteiger partial charge on any atom is 0.180 e. The minimum atomic E-state index is -0.0855. The summed E-state index contributed by atoms with van der Waals surface area (Å²) in [5.74, 6) is 0.0204. The number of hydrogen-bond donors (Lipinski definition) is 0. The van der Waals surface area contributed by atoms with Crippen LogP contribution in [0.2, 0.25) is 0 Å². The van der Waals surface area contributed by atoms with Crippen molar-refractivity contribution in [1.29, 1.82) is 0 Å². The highest BCUT2D eigenvalue weighted by molar-refractivity contribution is 6.00. The Bertz CT molecular complexity index is 241. The number of carbonyl (C=O) groups is 1. The van der Waals surface area contributed by atoms with Crippen LogP contribution < -0.4 is 0 Å². The predicted molar refractivity (Wildman–Crippen MR) is 46.7 cm³/mol. The highest BCUT2D eigenvalue weighted by atomic mass is 16.5. The molecule has 3 heteroatoms. The molecule has 0 amide bonds. The van der Waals surface area contributed by atoms with E-state index in [1.165, 1.54) is 6.08 Å². The average molecular weight is 167 g/mol.